The van der Waals surface area contributed by atoms with Gasteiger partial charge in [-0.25, -0.2) is 0 Å². The minimum absolute atomic E-state index is 0.616. The lowest BCUT2D eigenvalue weighted by atomic mass is 9.44. The van der Waals surface area contributed by atoms with E-state index in [1.54, 1.807) is 12.8 Å². The normalized spacial score (nSPS) is 50.0. The number of hydrogen-bond acceptors (Lipinski definition) is 0. The quantitative estimate of drug-likeness (QED) is 0.301. The summed E-state index contributed by atoms with van der Waals surface area (Å²) >= 11 is 2.21. The van der Waals surface area contributed by atoms with E-state index in [0.717, 1.165) is 41.9 Å². The van der Waals surface area contributed by atoms with Crippen LogP contribution in [0.4, 0.5) is 0 Å². The second-order valence-corrected chi connectivity index (χ2v) is 11.1. The highest BCUT2D eigenvalue weighted by molar-refractivity contribution is 14.1. The maximum absolute atomic E-state index is 3.37. The molecule has 0 radical (unpaired) electrons. The molecule has 1 unspecified atom stereocenters. The van der Waals surface area contributed by atoms with Crippen molar-refractivity contribution in [2.45, 2.75) is 91.4 Å². The fourth-order valence-electron chi connectivity index (χ4n) is 8.61. The highest BCUT2D eigenvalue weighted by Crippen LogP contribution is 2.68. The molecule has 8 atom stereocenters. The monoisotopic (exact) mass is 452 g/mol. The molecule has 0 N–H and O–H groups in total. The van der Waals surface area contributed by atoms with Crippen LogP contribution in [0, 0.1) is 56.2 Å². The molecule has 0 aliphatic heterocycles. The van der Waals surface area contributed by atoms with Crippen LogP contribution < -0.4 is 0 Å². The fourth-order valence-corrected chi connectivity index (χ4v) is 8.83. The molecule has 4 saturated carbocycles. The fraction of sp³-hybridized carbons (Fsp3) is 0.917. The Hall–Kier alpha value is 0.290. The van der Waals surface area contributed by atoms with E-state index in [4.69, 9.17) is 0 Å². The molecule has 4 aliphatic carbocycles. The van der Waals surface area contributed by atoms with Crippen LogP contribution >= 0.6 is 22.6 Å². The molecule has 0 spiro atoms. The lowest BCUT2D eigenvalue weighted by Crippen LogP contribution is -2.53. The van der Waals surface area contributed by atoms with Crippen molar-refractivity contribution in [1.29, 1.82) is 0 Å². The molecular weight excluding hydrogens is 415 g/mol. The van der Waals surface area contributed by atoms with Gasteiger partial charge in [0.15, 0.2) is 0 Å². The van der Waals surface area contributed by atoms with Crippen LogP contribution in [0.2, 0.25) is 0 Å². The summed E-state index contributed by atoms with van der Waals surface area (Å²) in [4.78, 5) is 0. The minimum atomic E-state index is 0.616. The van der Waals surface area contributed by atoms with Gasteiger partial charge in [-0.1, -0.05) is 39.5 Å². The summed E-state index contributed by atoms with van der Waals surface area (Å²) in [5, 5.41) is 0. The molecule has 0 aromatic heterocycles. The molecule has 25 heavy (non-hydrogen) atoms. The Morgan fingerprint density at radius 1 is 0.920 bits per heavy atom. The van der Waals surface area contributed by atoms with Crippen molar-refractivity contribution in [3.8, 4) is 9.85 Å². The lowest BCUT2D eigenvalue weighted by molar-refractivity contribution is -0.114. The molecule has 0 heterocycles. The van der Waals surface area contributed by atoms with Gasteiger partial charge in [0.2, 0.25) is 0 Å². The molecular formula is C24H37I. The Bertz CT molecular complexity index is 556. The third kappa shape index (κ3) is 2.92. The summed E-state index contributed by atoms with van der Waals surface area (Å²) < 4.78 is 3.11. The molecule has 0 aromatic rings. The smallest absolute Gasteiger partial charge is 0.0181 e. The van der Waals surface area contributed by atoms with Crippen molar-refractivity contribution in [3.05, 3.63) is 0 Å². The van der Waals surface area contributed by atoms with Crippen molar-refractivity contribution in [2.75, 3.05) is 0 Å². The van der Waals surface area contributed by atoms with E-state index in [-0.39, 0.29) is 0 Å². The van der Waals surface area contributed by atoms with Crippen LogP contribution in [0.25, 0.3) is 0 Å². The number of halogens is 1. The van der Waals surface area contributed by atoms with Gasteiger partial charge in [0, 0.05) is 29.0 Å². The highest BCUT2D eigenvalue weighted by atomic mass is 127. The zero-order valence-corrected chi connectivity index (χ0v) is 18.8. The lowest BCUT2D eigenvalue weighted by Gasteiger charge is -2.60. The SMILES string of the molecule is C[C@H](CC#CI)[C@H]1CC[C@H]2[C@@H]3CCC4CCCC[C@]4(C)[C@H]3CC[C@]12C. The molecule has 4 rings (SSSR count). The Labute approximate surface area is 169 Å². The Kier molecular flexibility index (Phi) is 5.24. The zero-order chi connectivity index (χ0) is 17.7. The van der Waals surface area contributed by atoms with Gasteiger partial charge in [0.05, 0.1) is 0 Å². The van der Waals surface area contributed by atoms with Gasteiger partial charge in [-0.2, -0.15) is 0 Å². The van der Waals surface area contributed by atoms with Crippen LogP contribution in [0.3, 0.4) is 0 Å². The highest BCUT2D eigenvalue weighted by Gasteiger charge is 2.59. The molecule has 0 aromatic carbocycles. The minimum Gasteiger partial charge on any atom is -0.0916 e. The van der Waals surface area contributed by atoms with Gasteiger partial charge in [-0.05, 0) is 102 Å². The molecule has 140 valence electrons. The Morgan fingerprint density at radius 2 is 1.72 bits per heavy atom. The Balaban J connectivity index is 1.56. The topological polar surface area (TPSA) is 0 Å². The zero-order valence-electron chi connectivity index (χ0n) is 16.6. The molecule has 4 fully saturated rings. The molecule has 0 bridgehead atoms. The van der Waals surface area contributed by atoms with E-state index in [0.29, 0.717) is 10.8 Å². The first kappa shape index (κ1) is 18.6. The second kappa shape index (κ2) is 7.03. The van der Waals surface area contributed by atoms with Crippen molar-refractivity contribution in [2.24, 2.45) is 46.3 Å². The molecule has 0 saturated heterocycles. The summed E-state index contributed by atoms with van der Waals surface area (Å²) in [5.41, 5.74) is 1.31. The van der Waals surface area contributed by atoms with Crippen LogP contribution in [-0.4, -0.2) is 0 Å². The Morgan fingerprint density at radius 3 is 2.52 bits per heavy atom. The van der Waals surface area contributed by atoms with E-state index in [1.807, 2.05) is 0 Å². The van der Waals surface area contributed by atoms with E-state index in [1.165, 1.54) is 51.4 Å². The van der Waals surface area contributed by atoms with Crippen molar-refractivity contribution < 1.29 is 0 Å². The average Bonchev–Trinajstić information content (AvgIpc) is 2.96. The average molecular weight is 452 g/mol. The summed E-state index contributed by atoms with van der Waals surface area (Å²) in [5.74, 6) is 9.26. The predicted octanol–water partition coefficient (Wildman–Crippen LogP) is 7.46. The molecule has 0 amide bonds. The van der Waals surface area contributed by atoms with Crippen LogP contribution in [0.15, 0.2) is 0 Å². The summed E-state index contributed by atoms with van der Waals surface area (Å²) in [6.07, 6.45) is 16.3. The van der Waals surface area contributed by atoms with Crippen molar-refractivity contribution in [1.82, 2.24) is 0 Å². The first-order chi connectivity index (χ1) is 12.0. The predicted molar refractivity (Wildman–Crippen MR) is 115 cm³/mol. The van der Waals surface area contributed by atoms with Crippen LogP contribution in [0.5, 0.6) is 0 Å². The first-order valence-corrected chi connectivity index (χ1v) is 12.2. The largest absolute Gasteiger partial charge is 0.0916 e. The van der Waals surface area contributed by atoms with Gasteiger partial charge in [-0.3, -0.25) is 0 Å². The van der Waals surface area contributed by atoms with Gasteiger partial charge in [0.1, 0.15) is 0 Å². The number of fused-ring (bicyclic) bond motifs is 5. The standard InChI is InChI=1S/C24H37I/c1-17(7-6-16-25)20-11-12-21-19-10-9-18-8-4-5-14-23(18,2)22(19)13-15-24(20,21)3/h17-22H,4-5,7-15H2,1-3H3/t17-,18?,19+,20-,21+,22+,23+,24-/m1/s1. The van der Waals surface area contributed by atoms with Crippen molar-refractivity contribution >= 4 is 22.6 Å². The van der Waals surface area contributed by atoms with Crippen LogP contribution in [-0.2, 0) is 0 Å². The third-order valence-electron chi connectivity index (χ3n) is 9.83. The molecule has 0 nitrogen and oxygen atoms in total. The van der Waals surface area contributed by atoms with E-state index >= 15 is 0 Å². The van der Waals surface area contributed by atoms with Gasteiger partial charge >= 0.3 is 0 Å². The number of rotatable bonds is 2. The summed E-state index contributed by atoms with van der Waals surface area (Å²) in [7, 11) is 0. The van der Waals surface area contributed by atoms with Gasteiger partial charge in [0.25, 0.3) is 0 Å². The summed E-state index contributed by atoms with van der Waals surface area (Å²) in [6, 6.07) is 0. The molecule has 1 heteroatoms. The van der Waals surface area contributed by atoms with E-state index in [9.17, 15) is 0 Å². The second-order valence-electron chi connectivity index (χ2n) is 10.6. The van der Waals surface area contributed by atoms with E-state index in [2.05, 4.69) is 53.2 Å². The maximum Gasteiger partial charge on any atom is 0.0181 e. The van der Waals surface area contributed by atoms with Crippen LogP contribution in [0.1, 0.15) is 91.4 Å². The van der Waals surface area contributed by atoms with E-state index < -0.39 is 0 Å². The maximum atomic E-state index is 3.37. The first-order valence-electron chi connectivity index (χ1n) is 11.1. The third-order valence-corrected chi connectivity index (χ3v) is 10.2. The van der Waals surface area contributed by atoms with Crippen molar-refractivity contribution in [3.63, 3.8) is 0 Å². The summed E-state index contributed by atoms with van der Waals surface area (Å²) in [6.45, 7) is 7.89. The van der Waals surface area contributed by atoms with Gasteiger partial charge < -0.3 is 0 Å². The number of hydrogen-bond donors (Lipinski definition) is 0. The van der Waals surface area contributed by atoms with Gasteiger partial charge in [-0.15, -0.1) is 0 Å². The molecule has 4 aliphatic rings.